The second-order valence-electron chi connectivity index (χ2n) is 5.68. The summed E-state index contributed by atoms with van der Waals surface area (Å²) in [6.45, 7) is 2.23. The van der Waals surface area contributed by atoms with E-state index in [-0.39, 0.29) is 11.1 Å². The van der Waals surface area contributed by atoms with E-state index in [0.29, 0.717) is 43.9 Å². The van der Waals surface area contributed by atoms with Gasteiger partial charge in [-0.1, -0.05) is 18.2 Å². The minimum atomic E-state index is -3.34. The molecule has 122 valence electrons. The predicted molar refractivity (Wildman–Crippen MR) is 87.5 cm³/mol. The molecule has 0 spiro atoms. The maximum Gasteiger partial charge on any atom is 0.282 e. The number of benzene rings is 1. The van der Waals surface area contributed by atoms with E-state index in [1.807, 2.05) is 6.07 Å². The Morgan fingerprint density at radius 2 is 1.73 bits per heavy atom. The quantitative estimate of drug-likeness (QED) is 0.846. The molecule has 0 bridgehead atoms. The van der Waals surface area contributed by atoms with Crippen molar-refractivity contribution in [1.29, 1.82) is 0 Å². The summed E-state index contributed by atoms with van der Waals surface area (Å²) in [5.74, 6) is 0.502. The lowest BCUT2D eigenvalue weighted by atomic mass is 10.1. The van der Waals surface area contributed by atoms with E-state index in [9.17, 15) is 12.8 Å². The van der Waals surface area contributed by atoms with E-state index < -0.39 is 10.2 Å². The van der Waals surface area contributed by atoms with Gasteiger partial charge in [0.05, 0.1) is 0 Å². The maximum absolute atomic E-state index is 13.9. The Bertz CT molecular complexity index is 618. The summed E-state index contributed by atoms with van der Waals surface area (Å²) in [4.78, 5) is 0. The molecule has 1 atom stereocenters. The maximum atomic E-state index is 13.9. The second-order valence-corrected chi connectivity index (χ2v) is 8.92. The third kappa shape index (κ3) is 3.32. The lowest BCUT2D eigenvalue weighted by Gasteiger charge is -2.25. The molecule has 0 saturated carbocycles. The number of halogens is 1. The average molecular weight is 344 g/mol. The van der Waals surface area contributed by atoms with Crippen LogP contribution >= 0.6 is 11.8 Å². The minimum Gasteiger partial charge on any atom is -0.207 e. The van der Waals surface area contributed by atoms with Gasteiger partial charge in [0.15, 0.2) is 0 Å². The normalized spacial score (nSPS) is 25.2. The molecule has 2 heterocycles. The molecule has 3 rings (SSSR count). The number of thioether (sulfide) groups is 1. The van der Waals surface area contributed by atoms with Gasteiger partial charge in [0.1, 0.15) is 5.82 Å². The summed E-state index contributed by atoms with van der Waals surface area (Å²) in [6, 6.07) is 6.80. The van der Waals surface area contributed by atoms with Gasteiger partial charge in [-0.2, -0.15) is 28.8 Å². The van der Waals surface area contributed by atoms with E-state index in [1.54, 1.807) is 32.5 Å². The molecule has 4 nitrogen and oxygen atoms in total. The van der Waals surface area contributed by atoms with Crippen LogP contribution in [0.15, 0.2) is 24.3 Å². The molecule has 22 heavy (non-hydrogen) atoms. The van der Waals surface area contributed by atoms with E-state index in [1.165, 1.54) is 6.07 Å². The molecule has 0 aromatic heterocycles. The van der Waals surface area contributed by atoms with Crippen molar-refractivity contribution in [3.63, 3.8) is 0 Å². The summed E-state index contributed by atoms with van der Waals surface area (Å²) in [5, 5.41) is 0.0278. The molecule has 2 aliphatic heterocycles. The summed E-state index contributed by atoms with van der Waals surface area (Å²) in [7, 11) is -3.34. The monoisotopic (exact) mass is 344 g/mol. The van der Waals surface area contributed by atoms with Gasteiger partial charge >= 0.3 is 0 Å². The van der Waals surface area contributed by atoms with E-state index in [4.69, 9.17) is 0 Å². The molecular weight excluding hydrogens is 323 g/mol. The Morgan fingerprint density at radius 3 is 2.45 bits per heavy atom. The fourth-order valence-corrected chi connectivity index (χ4v) is 6.12. The standard InChI is InChI=1S/C15H21FN2O2S2/c16-14-6-2-1-5-13(14)15-7-10-18(11-12-21-15)22(19,20)17-8-3-4-9-17/h1-2,5-6,15H,3-4,7-12H2. The Morgan fingerprint density at radius 1 is 1.05 bits per heavy atom. The van der Waals surface area contributed by atoms with Crippen LogP contribution in [0.4, 0.5) is 4.39 Å². The topological polar surface area (TPSA) is 40.6 Å². The van der Waals surface area contributed by atoms with Crippen LogP contribution in [0, 0.1) is 5.82 Å². The van der Waals surface area contributed by atoms with Crippen LogP contribution in [0.5, 0.6) is 0 Å². The van der Waals surface area contributed by atoms with Crippen molar-refractivity contribution in [2.45, 2.75) is 24.5 Å². The molecule has 1 aromatic carbocycles. The molecule has 0 N–H and O–H groups in total. The minimum absolute atomic E-state index is 0.0278. The highest BCUT2D eigenvalue weighted by Crippen LogP contribution is 2.36. The zero-order chi connectivity index (χ0) is 15.6. The van der Waals surface area contributed by atoms with Crippen molar-refractivity contribution >= 4 is 22.0 Å². The molecule has 7 heteroatoms. The number of hydrogen-bond acceptors (Lipinski definition) is 3. The fraction of sp³-hybridized carbons (Fsp3) is 0.600. The van der Waals surface area contributed by atoms with E-state index >= 15 is 0 Å². The van der Waals surface area contributed by atoms with Crippen LogP contribution in [-0.2, 0) is 10.2 Å². The van der Waals surface area contributed by atoms with Crippen LogP contribution in [0.2, 0.25) is 0 Å². The molecule has 1 unspecified atom stereocenters. The van der Waals surface area contributed by atoms with Gasteiger partial charge < -0.3 is 0 Å². The van der Waals surface area contributed by atoms with Crippen LogP contribution in [-0.4, -0.2) is 49.0 Å². The molecule has 2 saturated heterocycles. The highest BCUT2D eigenvalue weighted by Gasteiger charge is 2.33. The van der Waals surface area contributed by atoms with Crippen molar-refractivity contribution in [2.75, 3.05) is 31.9 Å². The Balaban J connectivity index is 1.71. The average Bonchev–Trinajstić information content (AvgIpc) is 2.94. The second kappa shape index (κ2) is 6.86. The first-order valence-corrected chi connectivity index (χ1v) is 10.1. The largest absolute Gasteiger partial charge is 0.282 e. The number of hydrogen-bond donors (Lipinski definition) is 0. The van der Waals surface area contributed by atoms with Crippen LogP contribution in [0.3, 0.4) is 0 Å². The third-order valence-corrected chi connectivity index (χ3v) is 7.62. The highest BCUT2D eigenvalue weighted by molar-refractivity contribution is 7.99. The zero-order valence-corrected chi connectivity index (χ0v) is 14.1. The summed E-state index contributed by atoms with van der Waals surface area (Å²) in [6.07, 6.45) is 2.54. The highest BCUT2D eigenvalue weighted by atomic mass is 32.2. The predicted octanol–water partition coefficient (Wildman–Crippen LogP) is 2.65. The van der Waals surface area contributed by atoms with Gasteiger partial charge in [-0.05, 0) is 25.3 Å². The van der Waals surface area contributed by atoms with Gasteiger partial charge in [0.2, 0.25) is 0 Å². The van der Waals surface area contributed by atoms with E-state index in [2.05, 4.69) is 0 Å². The third-order valence-electron chi connectivity index (χ3n) is 4.27. The number of nitrogens with zero attached hydrogens (tertiary/aromatic N) is 2. The van der Waals surface area contributed by atoms with Crippen molar-refractivity contribution in [3.05, 3.63) is 35.6 Å². The molecule has 0 aliphatic carbocycles. The van der Waals surface area contributed by atoms with Crippen molar-refractivity contribution < 1.29 is 12.8 Å². The summed E-state index contributed by atoms with van der Waals surface area (Å²) in [5.41, 5.74) is 0.688. The SMILES string of the molecule is O=S(=O)(N1CCCC1)N1CCSC(c2ccccc2F)CC1. The summed E-state index contributed by atoms with van der Waals surface area (Å²) >= 11 is 1.65. The van der Waals surface area contributed by atoms with Crippen LogP contribution in [0.25, 0.3) is 0 Å². The van der Waals surface area contributed by atoms with Gasteiger partial charge in [-0.3, -0.25) is 0 Å². The molecule has 1 aromatic rings. The van der Waals surface area contributed by atoms with Gasteiger partial charge in [-0.15, -0.1) is 0 Å². The first kappa shape index (κ1) is 16.2. The molecule has 2 aliphatic rings. The lowest BCUT2D eigenvalue weighted by Crippen LogP contribution is -2.43. The van der Waals surface area contributed by atoms with Crippen molar-refractivity contribution in [3.8, 4) is 0 Å². The first-order chi connectivity index (χ1) is 10.6. The Labute approximate surface area is 135 Å². The smallest absolute Gasteiger partial charge is 0.207 e. The molecule has 0 amide bonds. The van der Waals surface area contributed by atoms with Crippen molar-refractivity contribution in [2.24, 2.45) is 0 Å². The van der Waals surface area contributed by atoms with Gasteiger partial charge in [0, 0.05) is 42.7 Å². The van der Waals surface area contributed by atoms with Gasteiger partial charge in [-0.25, -0.2) is 4.39 Å². The lowest BCUT2D eigenvalue weighted by molar-refractivity contribution is 0.370. The van der Waals surface area contributed by atoms with Gasteiger partial charge in [0.25, 0.3) is 10.2 Å². The van der Waals surface area contributed by atoms with E-state index in [0.717, 1.165) is 12.8 Å². The van der Waals surface area contributed by atoms with Crippen molar-refractivity contribution in [1.82, 2.24) is 8.61 Å². The zero-order valence-electron chi connectivity index (χ0n) is 12.4. The first-order valence-electron chi connectivity index (χ1n) is 7.70. The number of rotatable bonds is 3. The van der Waals surface area contributed by atoms with Crippen LogP contribution in [0.1, 0.15) is 30.1 Å². The fourth-order valence-electron chi connectivity index (χ4n) is 3.05. The Kier molecular flexibility index (Phi) is 5.07. The molecular formula is C15H21FN2O2S2. The molecule has 0 radical (unpaired) electrons. The molecule has 2 fully saturated rings. The Hall–Kier alpha value is -0.630. The van der Waals surface area contributed by atoms with Crippen LogP contribution < -0.4 is 0 Å². The summed E-state index contributed by atoms with van der Waals surface area (Å²) < 4.78 is 42.3.